The van der Waals surface area contributed by atoms with E-state index in [0.29, 0.717) is 11.4 Å². The van der Waals surface area contributed by atoms with Crippen LogP contribution in [0.5, 0.6) is 0 Å². The van der Waals surface area contributed by atoms with Gasteiger partial charge in [0.05, 0.1) is 16.8 Å². The standard InChI is InChI=1S/C26H26FN7O/c27-19-14-18(24(29)35)25(34-26(19)33-21-9-2-1-8-20(21)28)32-16-10-12-30-22(13-16)17-7-3-5-15-6-4-11-31-23(15)17/h3-7,10-14,20-21H,1-2,8-9,28H2,(H2,29,35)(H2,30,32,33,34)/t20-,21?/m0/s1. The molecule has 9 heteroatoms. The summed E-state index contributed by atoms with van der Waals surface area (Å²) >= 11 is 0. The van der Waals surface area contributed by atoms with Crippen LogP contribution in [0, 0.1) is 5.82 Å². The number of amides is 1. The number of nitrogens with two attached hydrogens (primary N) is 2. The maximum atomic E-state index is 14.8. The Bertz CT molecular complexity index is 1390. The van der Waals surface area contributed by atoms with Crippen molar-refractivity contribution in [1.82, 2.24) is 15.0 Å². The van der Waals surface area contributed by atoms with Gasteiger partial charge in [-0.25, -0.2) is 9.37 Å². The molecular formula is C26H26FN7O. The normalized spacial score (nSPS) is 17.8. The second kappa shape index (κ2) is 9.63. The van der Waals surface area contributed by atoms with Crippen LogP contribution in [0.15, 0.2) is 60.9 Å². The first-order chi connectivity index (χ1) is 17.0. The zero-order valence-electron chi connectivity index (χ0n) is 19.0. The van der Waals surface area contributed by atoms with Crippen molar-refractivity contribution in [3.05, 3.63) is 72.3 Å². The fourth-order valence-corrected chi connectivity index (χ4v) is 4.49. The quantitative estimate of drug-likeness (QED) is 0.329. The largest absolute Gasteiger partial charge is 0.365 e. The van der Waals surface area contributed by atoms with Crippen molar-refractivity contribution >= 4 is 34.1 Å². The van der Waals surface area contributed by atoms with Gasteiger partial charge in [-0.3, -0.25) is 14.8 Å². The van der Waals surface area contributed by atoms with Crippen LogP contribution < -0.4 is 22.1 Å². The number of fused-ring (bicyclic) bond motifs is 1. The first-order valence-corrected chi connectivity index (χ1v) is 11.6. The molecular weight excluding hydrogens is 445 g/mol. The van der Waals surface area contributed by atoms with Gasteiger partial charge in [0.15, 0.2) is 11.6 Å². The fourth-order valence-electron chi connectivity index (χ4n) is 4.49. The van der Waals surface area contributed by atoms with Gasteiger partial charge in [0.25, 0.3) is 5.91 Å². The van der Waals surface area contributed by atoms with E-state index in [9.17, 15) is 9.18 Å². The van der Waals surface area contributed by atoms with Gasteiger partial charge in [0.2, 0.25) is 0 Å². The van der Waals surface area contributed by atoms with Crippen molar-refractivity contribution in [2.45, 2.75) is 37.8 Å². The van der Waals surface area contributed by atoms with Crippen LogP contribution in [0.1, 0.15) is 36.0 Å². The Kier molecular flexibility index (Phi) is 6.24. The number of halogens is 1. The monoisotopic (exact) mass is 471 g/mol. The molecule has 3 aromatic heterocycles. The van der Waals surface area contributed by atoms with Crippen LogP contribution in [0.25, 0.3) is 22.2 Å². The summed E-state index contributed by atoms with van der Waals surface area (Å²) in [5, 5.41) is 7.24. The summed E-state index contributed by atoms with van der Waals surface area (Å²) in [6, 6.07) is 14.2. The van der Waals surface area contributed by atoms with E-state index < -0.39 is 11.7 Å². The van der Waals surface area contributed by atoms with Gasteiger partial charge in [-0.2, -0.15) is 0 Å². The van der Waals surface area contributed by atoms with Gasteiger partial charge in [0.1, 0.15) is 5.82 Å². The summed E-state index contributed by atoms with van der Waals surface area (Å²) < 4.78 is 14.8. The van der Waals surface area contributed by atoms with Crippen LogP contribution in [-0.4, -0.2) is 32.9 Å². The summed E-state index contributed by atoms with van der Waals surface area (Å²) in [4.78, 5) is 25.4. The number of hydrogen-bond donors (Lipinski definition) is 4. The lowest BCUT2D eigenvalue weighted by atomic mass is 9.91. The Hall–Kier alpha value is -4.11. The number of nitrogens with zero attached hydrogens (tertiary/aromatic N) is 3. The average Bonchev–Trinajstić information content (AvgIpc) is 2.87. The highest BCUT2D eigenvalue weighted by Crippen LogP contribution is 2.30. The minimum atomic E-state index is -0.785. The van der Waals surface area contributed by atoms with E-state index in [2.05, 4.69) is 25.6 Å². The molecule has 1 saturated carbocycles. The average molecular weight is 472 g/mol. The van der Waals surface area contributed by atoms with E-state index in [0.717, 1.165) is 48.2 Å². The van der Waals surface area contributed by atoms with E-state index in [4.69, 9.17) is 11.5 Å². The van der Waals surface area contributed by atoms with E-state index in [1.165, 1.54) is 0 Å². The molecule has 0 aliphatic heterocycles. The molecule has 0 bridgehead atoms. The Morgan fingerprint density at radius 3 is 2.66 bits per heavy atom. The number of nitrogens with one attached hydrogen (secondary N) is 2. The number of rotatable bonds is 6. The minimum Gasteiger partial charge on any atom is -0.365 e. The zero-order chi connectivity index (χ0) is 24.4. The fraction of sp³-hybridized carbons (Fsp3) is 0.231. The number of benzene rings is 1. The lowest BCUT2D eigenvalue weighted by Crippen LogP contribution is -2.43. The molecule has 6 N–H and O–H groups in total. The Labute approximate surface area is 202 Å². The number of para-hydroxylation sites is 1. The van der Waals surface area contributed by atoms with E-state index >= 15 is 0 Å². The predicted octanol–water partition coefficient (Wildman–Crippen LogP) is 4.36. The smallest absolute Gasteiger partial charge is 0.252 e. The van der Waals surface area contributed by atoms with Gasteiger partial charge in [0, 0.05) is 41.1 Å². The molecule has 1 aromatic carbocycles. The molecule has 8 nitrogen and oxygen atoms in total. The number of anilines is 3. The van der Waals surface area contributed by atoms with Crippen LogP contribution in [0.2, 0.25) is 0 Å². The van der Waals surface area contributed by atoms with Gasteiger partial charge in [-0.1, -0.05) is 37.1 Å². The van der Waals surface area contributed by atoms with Gasteiger partial charge >= 0.3 is 0 Å². The Morgan fingerprint density at radius 2 is 1.83 bits per heavy atom. The molecule has 0 spiro atoms. The molecule has 35 heavy (non-hydrogen) atoms. The lowest BCUT2D eigenvalue weighted by Gasteiger charge is -2.30. The summed E-state index contributed by atoms with van der Waals surface area (Å²) in [5.74, 6) is -1.25. The highest BCUT2D eigenvalue weighted by molar-refractivity contribution is 5.99. The maximum Gasteiger partial charge on any atom is 0.252 e. The van der Waals surface area contributed by atoms with Crippen LogP contribution in [0.3, 0.4) is 0 Å². The SMILES string of the molecule is NC(=O)c1cc(F)c(NC2CCCC[C@@H]2N)nc1Nc1ccnc(-c2cccc3cccnc23)c1. The second-order valence-electron chi connectivity index (χ2n) is 8.71. The molecule has 4 aromatic rings. The number of carbonyl (C=O) groups is 1. The number of aromatic nitrogens is 3. The second-order valence-corrected chi connectivity index (χ2v) is 8.71. The van der Waals surface area contributed by atoms with Crippen molar-refractivity contribution in [2.75, 3.05) is 10.6 Å². The van der Waals surface area contributed by atoms with E-state index in [-0.39, 0.29) is 29.3 Å². The van der Waals surface area contributed by atoms with Crippen LogP contribution >= 0.6 is 0 Å². The molecule has 1 unspecified atom stereocenters. The van der Waals surface area contributed by atoms with Crippen molar-refractivity contribution < 1.29 is 9.18 Å². The highest BCUT2D eigenvalue weighted by Gasteiger charge is 2.24. The molecule has 1 fully saturated rings. The molecule has 3 heterocycles. The summed E-state index contributed by atoms with van der Waals surface area (Å²) in [6.07, 6.45) is 7.15. The number of primary amides is 1. The van der Waals surface area contributed by atoms with Gasteiger partial charge in [-0.05, 0) is 37.1 Å². The molecule has 2 atom stereocenters. The van der Waals surface area contributed by atoms with Crippen molar-refractivity contribution in [3.63, 3.8) is 0 Å². The van der Waals surface area contributed by atoms with Crippen molar-refractivity contribution in [3.8, 4) is 11.3 Å². The first-order valence-electron chi connectivity index (χ1n) is 11.6. The third kappa shape index (κ3) is 4.76. The summed E-state index contributed by atoms with van der Waals surface area (Å²) in [7, 11) is 0. The zero-order valence-corrected chi connectivity index (χ0v) is 19.0. The molecule has 178 valence electrons. The third-order valence-electron chi connectivity index (χ3n) is 6.31. The molecule has 5 rings (SSSR count). The molecule has 1 aliphatic rings. The Morgan fingerprint density at radius 1 is 1.00 bits per heavy atom. The number of carbonyl (C=O) groups excluding carboxylic acids is 1. The lowest BCUT2D eigenvalue weighted by molar-refractivity contribution is 0.100. The van der Waals surface area contributed by atoms with Crippen molar-refractivity contribution in [2.24, 2.45) is 11.5 Å². The molecule has 1 aliphatic carbocycles. The van der Waals surface area contributed by atoms with Crippen molar-refractivity contribution in [1.29, 1.82) is 0 Å². The summed E-state index contributed by atoms with van der Waals surface area (Å²) in [6.45, 7) is 0. The van der Waals surface area contributed by atoms with Crippen LogP contribution in [-0.2, 0) is 0 Å². The van der Waals surface area contributed by atoms with E-state index in [1.807, 2.05) is 36.4 Å². The van der Waals surface area contributed by atoms with Crippen LogP contribution in [0.4, 0.5) is 21.7 Å². The maximum absolute atomic E-state index is 14.8. The predicted molar refractivity (Wildman–Crippen MR) is 135 cm³/mol. The van der Waals surface area contributed by atoms with Gasteiger partial charge in [-0.15, -0.1) is 0 Å². The molecule has 0 radical (unpaired) electrons. The first kappa shape index (κ1) is 22.7. The number of hydrogen-bond acceptors (Lipinski definition) is 7. The molecule has 1 amide bonds. The topological polar surface area (TPSA) is 132 Å². The summed E-state index contributed by atoms with van der Waals surface area (Å²) in [5.41, 5.74) is 14.7. The minimum absolute atomic E-state index is 0.0346. The molecule has 0 saturated heterocycles. The van der Waals surface area contributed by atoms with E-state index in [1.54, 1.807) is 18.5 Å². The highest BCUT2D eigenvalue weighted by atomic mass is 19.1. The number of pyridine rings is 3. The Balaban J connectivity index is 1.49. The van der Waals surface area contributed by atoms with Gasteiger partial charge < -0.3 is 22.1 Å². The third-order valence-corrected chi connectivity index (χ3v) is 6.31.